The van der Waals surface area contributed by atoms with E-state index < -0.39 is 65.6 Å². The third-order valence-electron chi connectivity index (χ3n) is 9.01. The summed E-state index contributed by atoms with van der Waals surface area (Å²) in [5.41, 5.74) is 4.15. The molecule has 0 aromatic heterocycles. The van der Waals surface area contributed by atoms with E-state index in [-0.39, 0.29) is 41.7 Å². The van der Waals surface area contributed by atoms with Crippen LogP contribution in [0.3, 0.4) is 0 Å². The van der Waals surface area contributed by atoms with Gasteiger partial charge in [-0.1, -0.05) is 13.8 Å². The number of rotatable bonds is 9. The molecule has 2 saturated heterocycles. The minimum absolute atomic E-state index is 0.00642. The number of hydrogen-bond acceptors (Lipinski definition) is 6. The van der Waals surface area contributed by atoms with E-state index in [1.807, 2.05) is 13.8 Å². The van der Waals surface area contributed by atoms with Crippen LogP contribution in [0.4, 0.5) is 13.2 Å². The molecule has 2 aliphatic heterocycles. The highest BCUT2D eigenvalue weighted by Crippen LogP contribution is 2.65. The van der Waals surface area contributed by atoms with Crippen LogP contribution in [0.5, 0.6) is 0 Å². The largest absolute Gasteiger partial charge is 0.471 e. The first-order valence-electron chi connectivity index (χ1n) is 13.9. The average molecular weight is 588 g/mol. The first-order valence-corrected chi connectivity index (χ1v) is 13.9. The Morgan fingerprint density at radius 1 is 1.15 bits per heavy atom. The van der Waals surface area contributed by atoms with Crippen LogP contribution in [0.25, 0.3) is 0 Å². The van der Waals surface area contributed by atoms with Crippen LogP contribution in [-0.4, -0.2) is 82.5 Å². The van der Waals surface area contributed by atoms with E-state index in [1.165, 1.54) is 11.8 Å². The zero-order chi connectivity index (χ0) is 30.9. The molecule has 0 aromatic carbocycles. The van der Waals surface area contributed by atoms with Crippen LogP contribution in [0.1, 0.15) is 67.2 Å². The van der Waals surface area contributed by atoms with E-state index in [2.05, 4.69) is 10.6 Å². The van der Waals surface area contributed by atoms with Crippen LogP contribution < -0.4 is 21.7 Å². The average Bonchev–Trinajstić information content (AvgIpc) is 3.53. The van der Waals surface area contributed by atoms with Gasteiger partial charge in [0.1, 0.15) is 18.1 Å². The summed E-state index contributed by atoms with van der Waals surface area (Å²) in [6.07, 6.45) is -4.19. The molecule has 14 heteroatoms. The number of carbonyl (C=O) groups excluding carboxylic acids is 5. The van der Waals surface area contributed by atoms with E-state index in [1.54, 1.807) is 26.1 Å². The second-order valence-corrected chi connectivity index (χ2v) is 13.6. The van der Waals surface area contributed by atoms with Crippen molar-refractivity contribution in [3.8, 4) is 0 Å². The smallest absolute Gasteiger partial charge is 0.370 e. The zero-order valence-electron chi connectivity index (χ0n) is 24.2. The van der Waals surface area contributed by atoms with Gasteiger partial charge in [-0.15, -0.1) is 0 Å². The van der Waals surface area contributed by atoms with Crippen molar-refractivity contribution in [2.45, 2.75) is 109 Å². The molecule has 0 unspecified atom stereocenters. The predicted octanol–water partition coefficient (Wildman–Crippen LogP) is 0.749. The SMILES string of the molecule is C[C@@H](OC(C)(C)C)[C@H](NC(=O)C(F)(F)F)C(=O)N1C[C@H]2[C@@H]([C@H]1C(=O)N[C@@H](C[C@@H]1CC3(CC3)NC1=O)C(N)=O)C2(C)C. The number of carbonyl (C=O) groups is 5. The van der Waals surface area contributed by atoms with Crippen molar-refractivity contribution in [1.29, 1.82) is 0 Å². The van der Waals surface area contributed by atoms with Gasteiger partial charge < -0.3 is 31.3 Å². The molecule has 41 heavy (non-hydrogen) atoms. The van der Waals surface area contributed by atoms with Crippen LogP contribution >= 0.6 is 0 Å². The van der Waals surface area contributed by atoms with Gasteiger partial charge in [-0.2, -0.15) is 13.2 Å². The number of likely N-dealkylation sites (tertiary alicyclic amines) is 1. The fraction of sp³-hybridized carbons (Fsp3) is 0.815. The first-order chi connectivity index (χ1) is 18.7. The zero-order valence-corrected chi connectivity index (χ0v) is 24.2. The molecule has 230 valence electrons. The number of halogens is 3. The molecule has 1 spiro atoms. The van der Waals surface area contributed by atoms with Crippen molar-refractivity contribution < 1.29 is 41.9 Å². The van der Waals surface area contributed by atoms with Gasteiger partial charge in [-0.05, 0) is 70.6 Å². The number of ether oxygens (including phenoxy) is 1. The van der Waals surface area contributed by atoms with Crippen molar-refractivity contribution in [3.63, 3.8) is 0 Å². The molecule has 4 aliphatic rings. The summed E-state index contributed by atoms with van der Waals surface area (Å²) >= 11 is 0. The Morgan fingerprint density at radius 3 is 2.24 bits per heavy atom. The molecule has 4 rings (SSSR count). The Balaban J connectivity index is 1.55. The van der Waals surface area contributed by atoms with Crippen molar-refractivity contribution >= 4 is 29.5 Å². The number of nitrogens with one attached hydrogen (secondary N) is 3. The summed E-state index contributed by atoms with van der Waals surface area (Å²) in [5, 5.41) is 7.32. The predicted molar refractivity (Wildman–Crippen MR) is 139 cm³/mol. The maximum atomic E-state index is 13.8. The molecule has 0 aromatic rings. The summed E-state index contributed by atoms with van der Waals surface area (Å²) in [7, 11) is 0. The van der Waals surface area contributed by atoms with Crippen LogP contribution in [0, 0.1) is 23.2 Å². The van der Waals surface area contributed by atoms with E-state index in [4.69, 9.17) is 10.5 Å². The maximum Gasteiger partial charge on any atom is 0.471 e. The number of nitrogens with zero attached hydrogens (tertiary/aromatic N) is 1. The second kappa shape index (κ2) is 10.1. The van der Waals surface area contributed by atoms with Gasteiger partial charge in [-0.3, -0.25) is 24.0 Å². The molecular formula is C27H40F3N5O6. The molecule has 0 radical (unpaired) electrons. The summed E-state index contributed by atoms with van der Waals surface area (Å²) in [6, 6.07) is -4.04. The lowest BCUT2D eigenvalue weighted by Crippen LogP contribution is -2.61. The number of alkyl halides is 3. The lowest BCUT2D eigenvalue weighted by molar-refractivity contribution is -0.177. The van der Waals surface area contributed by atoms with Gasteiger partial charge in [0.05, 0.1) is 11.7 Å². The molecule has 5 N–H and O–H groups in total. The Hall–Kier alpha value is -2.90. The van der Waals surface area contributed by atoms with Crippen molar-refractivity contribution in [3.05, 3.63) is 0 Å². The van der Waals surface area contributed by atoms with E-state index >= 15 is 0 Å². The lowest BCUT2D eigenvalue weighted by atomic mass is 9.94. The fourth-order valence-electron chi connectivity index (χ4n) is 6.66. The topological polar surface area (TPSA) is 160 Å². The summed E-state index contributed by atoms with van der Waals surface area (Å²) < 4.78 is 45.3. The van der Waals surface area contributed by atoms with Gasteiger partial charge in [0.2, 0.25) is 23.6 Å². The number of piperidine rings is 1. The summed E-state index contributed by atoms with van der Waals surface area (Å²) in [4.78, 5) is 65.3. The molecule has 11 nitrogen and oxygen atoms in total. The van der Waals surface area contributed by atoms with Gasteiger partial charge >= 0.3 is 12.1 Å². The number of hydrogen-bond donors (Lipinski definition) is 4. The molecular weight excluding hydrogens is 547 g/mol. The molecule has 2 saturated carbocycles. The Labute approximate surface area is 236 Å². The monoisotopic (exact) mass is 587 g/mol. The minimum atomic E-state index is -5.24. The Bertz CT molecular complexity index is 1130. The molecule has 7 atom stereocenters. The molecule has 0 bridgehead atoms. The lowest BCUT2D eigenvalue weighted by Gasteiger charge is -2.37. The van der Waals surface area contributed by atoms with Crippen LogP contribution in [0.2, 0.25) is 0 Å². The quantitative estimate of drug-likeness (QED) is 0.312. The molecule has 2 aliphatic carbocycles. The third kappa shape index (κ3) is 6.31. The summed E-state index contributed by atoms with van der Waals surface area (Å²) in [6.45, 7) is 10.2. The van der Waals surface area contributed by atoms with E-state index in [0.29, 0.717) is 6.42 Å². The third-order valence-corrected chi connectivity index (χ3v) is 9.01. The van der Waals surface area contributed by atoms with E-state index in [9.17, 15) is 37.1 Å². The van der Waals surface area contributed by atoms with Gasteiger partial charge in [0, 0.05) is 18.0 Å². The fourth-order valence-corrected chi connectivity index (χ4v) is 6.66. The minimum Gasteiger partial charge on any atom is -0.370 e. The second-order valence-electron chi connectivity index (χ2n) is 13.6. The highest BCUT2D eigenvalue weighted by atomic mass is 19.4. The highest BCUT2D eigenvalue weighted by Gasteiger charge is 2.70. The Morgan fingerprint density at radius 2 is 1.76 bits per heavy atom. The Kier molecular flexibility index (Phi) is 7.67. The normalized spacial score (nSPS) is 29.7. The number of amides is 5. The molecule has 2 heterocycles. The van der Waals surface area contributed by atoms with Crippen molar-refractivity contribution in [2.24, 2.45) is 28.9 Å². The number of fused-ring (bicyclic) bond motifs is 1. The maximum absolute atomic E-state index is 13.8. The van der Waals surface area contributed by atoms with Gasteiger partial charge in [-0.25, -0.2) is 0 Å². The highest BCUT2D eigenvalue weighted by molar-refractivity contribution is 5.96. The standard InChI is InChI=1S/C27H40F3N5O6/c1-12(41-24(2,3)4)17(33-23(40)27(28,29)30)22(39)35-11-14-16(25(14,5)6)18(35)21(38)32-15(19(31)36)9-13-10-26(7-8-26)34-20(13)37/h12-18H,7-11H2,1-6H3,(H2,31,36)(H,32,38)(H,33,40)(H,34,37)/t12-,13-,14+,15+,16+,17+,18+/m1/s1. The van der Waals surface area contributed by atoms with Crippen LogP contribution in [-0.2, 0) is 28.7 Å². The molecule has 4 fully saturated rings. The van der Waals surface area contributed by atoms with Gasteiger partial charge in [0.25, 0.3) is 0 Å². The van der Waals surface area contributed by atoms with Crippen LogP contribution in [0.15, 0.2) is 0 Å². The molecule has 5 amide bonds. The first kappa shape index (κ1) is 31.0. The number of nitrogens with two attached hydrogens (primary N) is 1. The summed E-state index contributed by atoms with van der Waals surface area (Å²) in [5.74, 6) is -5.91. The van der Waals surface area contributed by atoms with Crippen molar-refractivity contribution in [1.82, 2.24) is 20.9 Å². The number of primary amides is 1. The van der Waals surface area contributed by atoms with E-state index in [0.717, 1.165) is 12.8 Å². The van der Waals surface area contributed by atoms with Gasteiger partial charge in [0.15, 0.2) is 0 Å². The van der Waals surface area contributed by atoms with Crippen molar-refractivity contribution in [2.75, 3.05) is 6.54 Å².